The molecule has 1 atom stereocenters. The smallest absolute Gasteiger partial charge is 0.410 e. The largest absolute Gasteiger partial charge is 0.444 e. The molecule has 1 unspecified atom stereocenters. The van der Waals surface area contributed by atoms with Crippen LogP contribution in [0, 0.1) is 0 Å². The van der Waals surface area contributed by atoms with Crippen LogP contribution < -0.4 is 5.32 Å². The van der Waals surface area contributed by atoms with Gasteiger partial charge in [-0.3, -0.25) is 0 Å². The van der Waals surface area contributed by atoms with Crippen molar-refractivity contribution in [3.63, 3.8) is 0 Å². The number of carbonyl (C=O) groups excluding carboxylic acids is 1. The van der Waals surface area contributed by atoms with Gasteiger partial charge in [-0.25, -0.2) is 4.79 Å². The fourth-order valence-corrected chi connectivity index (χ4v) is 2.50. The molecule has 0 aromatic carbocycles. The van der Waals surface area contributed by atoms with Crippen LogP contribution in [0.3, 0.4) is 0 Å². The lowest BCUT2D eigenvalue weighted by molar-refractivity contribution is 0.00389. The van der Waals surface area contributed by atoms with E-state index in [1.165, 1.54) is 32.1 Å². The molecule has 0 spiro atoms. The predicted octanol–water partition coefficient (Wildman–Crippen LogP) is 3.55. The average Bonchev–Trinajstić information content (AvgIpc) is 2.27. The van der Waals surface area contributed by atoms with E-state index in [0.29, 0.717) is 12.1 Å². The predicted molar refractivity (Wildman–Crippen MR) is 83.0 cm³/mol. The number of hydrogen-bond acceptors (Lipinski definition) is 3. The lowest BCUT2D eigenvalue weighted by atomic mass is 10.0. The number of unbranched alkanes of at least 4 members (excludes halogenated alkanes) is 1. The number of amides is 1. The second-order valence-electron chi connectivity index (χ2n) is 6.88. The molecule has 20 heavy (non-hydrogen) atoms. The summed E-state index contributed by atoms with van der Waals surface area (Å²) in [6, 6.07) is 1.04. The standard InChI is InChI=1S/C16H32N2O2/c1-6-8-10-13(9-7-2)17-14-11-18(12-14)15(19)20-16(3,4)5/h13-14,17H,6-12H2,1-5H3. The van der Waals surface area contributed by atoms with E-state index in [4.69, 9.17) is 4.74 Å². The number of likely N-dealkylation sites (tertiary alicyclic amines) is 1. The highest BCUT2D eigenvalue weighted by Gasteiger charge is 2.34. The van der Waals surface area contributed by atoms with Gasteiger partial charge in [-0.1, -0.05) is 33.1 Å². The van der Waals surface area contributed by atoms with E-state index < -0.39 is 5.60 Å². The molecule has 0 aromatic heterocycles. The molecule has 4 heteroatoms. The molecule has 0 radical (unpaired) electrons. The third-order valence-electron chi connectivity index (χ3n) is 3.55. The van der Waals surface area contributed by atoms with E-state index in [0.717, 1.165) is 13.1 Å². The van der Waals surface area contributed by atoms with Gasteiger partial charge in [0.05, 0.1) is 0 Å². The molecule has 1 fully saturated rings. The van der Waals surface area contributed by atoms with Gasteiger partial charge in [0.2, 0.25) is 0 Å². The van der Waals surface area contributed by atoms with Crippen LogP contribution in [0.15, 0.2) is 0 Å². The molecular formula is C16H32N2O2. The van der Waals surface area contributed by atoms with E-state index in [1.807, 2.05) is 20.8 Å². The van der Waals surface area contributed by atoms with Crippen LogP contribution in [0.1, 0.15) is 66.7 Å². The summed E-state index contributed by atoms with van der Waals surface area (Å²) in [5, 5.41) is 3.69. The highest BCUT2D eigenvalue weighted by atomic mass is 16.6. The number of hydrogen-bond donors (Lipinski definition) is 1. The van der Waals surface area contributed by atoms with Crippen molar-refractivity contribution in [3.8, 4) is 0 Å². The molecule has 1 rings (SSSR count). The van der Waals surface area contributed by atoms with E-state index in [2.05, 4.69) is 19.2 Å². The first-order valence-electron chi connectivity index (χ1n) is 8.09. The van der Waals surface area contributed by atoms with Crippen LogP contribution in [-0.2, 0) is 4.74 Å². The SMILES string of the molecule is CCCCC(CCC)NC1CN(C(=O)OC(C)(C)C)C1. The zero-order chi connectivity index (χ0) is 15.2. The van der Waals surface area contributed by atoms with E-state index >= 15 is 0 Å². The molecule has 4 nitrogen and oxygen atoms in total. The summed E-state index contributed by atoms with van der Waals surface area (Å²) in [4.78, 5) is 13.6. The minimum absolute atomic E-state index is 0.184. The summed E-state index contributed by atoms with van der Waals surface area (Å²) in [5.41, 5.74) is -0.401. The van der Waals surface area contributed by atoms with Crippen molar-refractivity contribution in [2.45, 2.75) is 84.4 Å². The van der Waals surface area contributed by atoms with Gasteiger partial charge in [0.1, 0.15) is 5.60 Å². The number of rotatable bonds is 7. The van der Waals surface area contributed by atoms with Gasteiger partial charge in [0.25, 0.3) is 0 Å². The molecule has 0 saturated carbocycles. The molecule has 0 aliphatic carbocycles. The second kappa shape index (κ2) is 7.87. The van der Waals surface area contributed by atoms with Crippen molar-refractivity contribution in [1.82, 2.24) is 10.2 Å². The van der Waals surface area contributed by atoms with Crippen molar-refractivity contribution in [1.29, 1.82) is 0 Å². The summed E-state index contributed by atoms with van der Waals surface area (Å²) in [6.07, 6.45) is 6.02. The van der Waals surface area contributed by atoms with Crippen LogP contribution >= 0.6 is 0 Å². The van der Waals surface area contributed by atoms with Crippen molar-refractivity contribution < 1.29 is 9.53 Å². The Balaban J connectivity index is 2.27. The lowest BCUT2D eigenvalue weighted by Crippen LogP contribution is -2.62. The molecule has 1 heterocycles. The maximum absolute atomic E-state index is 11.8. The van der Waals surface area contributed by atoms with Gasteiger partial charge >= 0.3 is 6.09 Å². The summed E-state index contributed by atoms with van der Waals surface area (Å²) < 4.78 is 5.37. The monoisotopic (exact) mass is 284 g/mol. The molecule has 1 amide bonds. The first-order chi connectivity index (χ1) is 9.35. The quantitative estimate of drug-likeness (QED) is 0.777. The van der Waals surface area contributed by atoms with Crippen molar-refractivity contribution >= 4 is 6.09 Å². The zero-order valence-electron chi connectivity index (χ0n) is 13.9. The molecular weight excluding hydrogens is 252 g/mol. The average molecular weight is 284 g/mol. The Morgan fingerprint density at radius 2 is 1.90 bits per heavy atom. The Hall–Kier alpha value is -0.770. The molecule has 1 aliphatic heterocycles. The van der Waals surface area contributed by atoms with Gasteiger partial charge < -0.3 is 15.0 Å². The molecule has 1 saturated heterocycles. The normalized spacial score (nSPS) is 17.8. The minimum Gasteiger partial charge on any atom is -0.444 e. The summed E-state index contributed by atoms with van der Waals surface area (Å²) >= 11 is 0. The zero-order valence-corrected chi connectivity index (χ0v) is 13.9. The summed E-state index contributed by atoms with van der Waals surface area (Å²) in [7, 11) is 0. The molecule has 0 aromatic rings. The van der Waals surface area contributed by atoms with E-state index in [-0.39, 0.29) is 6.09 Å². The van der Waals surface area contributed by atoms with E-state index in [1.54, 1.807) is 4.90 Å². The van der Waals surface area contributed by atoms with Crippen LogP contribution in [0.25, 0.3) is 0 Å². The van der Waals surface area contributed by atoms with Gasteiger partial charge in [-0.15, -0.1) is 0 Å². The molecule has 0 bridgehead atoms. The van der Waals surface area contributed by atoms with Gasteiger partial charge in [-0.05, 0) is 33.6 Å². The maximum atomic E-state index is 11.8. The first kappa shape index (κ1) is 17.3. The van der Waals surface area contributed by atoms with Crippen LogP contribution in [0.5, 0.6) is 0 Å². The van der Waals surface area contributed by atoms with Gasteiger partial charge in [0.15, 0.2) is 0 Å². The number of ether oxygens (including phenoxy) is 1. The third kappa shape index (κ3) is 6.12. The summed E-state index contributed by atoms with van der Waals surface area (Å²) in [6.45, 7) is 11.7. The highest BCUT2D eigenvalue weighted by Crippen LogP contribution is 2.17. The van der Waals surface area contributed by atoms with Gasteiger partial charge in [0, 0.05) is 25.2 Å². The molecule has 1 aliphatic rings. The first-order valence-corrected chi connectivity index (χ1v) is 8.09. The maximum Gasteiger partial charge on any atom is 0.410 e. The van der Waals surface area contributed by atoms with Crippen LogP contribution in [0.4, 0.5) is 4.79 Å². The molecule has 118 valence electrons. The van der Waals surface area contributed by atoms with Crippen LogP contribution in [0.2, 0.25) is 0 Å². The Labute approximate surface area is 124 Å². The van der Waals surface area contributed by atoms with Crippen LogP contribution in [-0.4, -0.2) is 41.8 Å². The van der Waals surface area contributed by atoms with E-state index in [9.17, 15) is 4.79 Å². The Morgan fingerprint density at radius 1 is 1.25 bits per heavy atom. The van der Waals surface area contributed by atoms with Crippen molar-refractivity contribution in [2.75, 3.05) is 13.1 Å². The fraction of sp³-hybridized carbons (Fsp3) is 0.938. The van der Waals surface area contributed by atoms with Crippen molar-refractivity contribution in [2.24, 2.45) is 0 Å². The fourth-order valence-electron chi connectivity index (χ4n) is 2.50. The summed E-state index contributed by atoms with van der Waals surface area (Å²) in [5.74, 6) is 0. The Bertz CT molecular complexity index is 293. The minimum atomic E-state index is -0.401. The van der Waals surface area contributed by atoms with Gasteiger partial charge in [-0.2, -0.15) is 0 Å². The third-order valence-corrected chi connectivity index (χ3v) is 3.55. The Kier molecular flexibility index (Phi) is 6.80. The Morgan fingerprint density at radius 3 is 2.40 bits per heavy atom. The molecule has 1 N–H and O–H groups in total. The van der Waals surface area contributed by atoms with Crippen molar-refractivity contribution in [3.05, 3.63) is 0 Å². The number of nitrogens with zero attached hydrogens (tertiary/aromatic N) is 1. The number of nitrogens with one attached hydrogen (secondary N) is 1. The topological polar surface area (TPSA) is 41.6 Å². The lowest BCUT2D eigenvalue weighted by Gasteiger charge is -2.41. The highest BCUT2D eigenvalue weighted by molar-refractivity contribution is 5.69. The second-order valence-corrected chi connectivity index (χ2v) is 6.88. The number of carbonyl (C=O) groups is 1.